The van der Waals surface area contributed by atoms with Crippen LogP contribution in [0.25, 0.3) is 0 Å². The maximum Gasteiger partial charge on any atom is 0.183 e. The first kappa shape index (κ1) is 7.94. The van der Waals surface area contributed by atoms with Gasteiger partial charge in [-0.3, -0.25) is 4.98 Å². The van der Waals surface area contributed by atoms with Crippen molar-refractivity contribution >= 4 is 0 Å². The van der Waals surface area contributed by atoms with Crippen LogP contribution in [-0.4, -0.2) is 12.1 Å². The van der Waals surface area contributed by atoms with Crippen LogP contribution in [0.2, 0.25) is 0 Å². The van der Waals surface area contributed by atoms with E-state index in [9.17, 15) is 4.39 Å². The molecule has 0 fully saturated rings. The maximum absolute atomic E-state index is 12.8. The number of hydrogen-bond donors (Lipinski definition) is 1. The van der Waals surface area contributed by atoms with Crippen LogP contribution >= 0.6 is 0 Å². The second-order valence-electron chi connectivity index (χ2n) is 2.02. The van der Waals surface area contributed by atoms with E-state index in [-0.39, 0.29) is 12.3 Å². The fraction of sp³-hybridized carbons (Fsp3) is 0.286. The zero-order valence-corrected chi connectivity index (χ0v) is 6.17. The van der Waals surface area contributed by atoms with Crippen molar-refractivity contribution in [3.8, 4) is 5.75 Å². The lowest BCUT2D eigenvalue weighted by Gasteiger charge is -2.05. The van der Waals surface area contributed by atoms with Crippen molar-refractivity contribution in [2.24, 2.45) is 5.73 Å². The minimum atomic E-state index is -0.476. The van der Waals surface area contributed by atoms with Gasteiger partial charge in [0.15, 0.2) is 11.6 Å². The maximum atomic E-state index is 12.8. The van der Waals surface area contributed by atoms with Gasteiger partial charge in [-0.1, -0.05) is 0 Å². The third-order valence-electron chi connectivity index (χ3n) is 1.35. The van der Waals surface area contributed by atoms with E-state index in [0.717, 1.165) is 6.20 Å². The van der Waals surface area contributed by atoms with E-state index >= 15 is 0 Å². The molecule has 0 radical (unpaired) electrons. The van der Waals surface area contributed by atoms with Crippen LogP contribution in [0.5, 0.6) is 5.75 Å². The predicted molar refractivity (Wildman–Crippen MR) is 38.6 cm³/mol. The van der Waals surface area contributed by atoms with Crippen LogP contribution < -0.4 is 10.5 Å². The third-order valence-corrected chi connectivity index (χ3v) is 1.35. The summed E-state index contributed by atoms with van der Waals surface area (Å²) >= 11 is 0. The highest BCUT2D eigenvalue weighted by atomic mass is 19.1. The Morgan fingerprint density at radius 1 is 1.64 bits per heavy atom. The Hall–Kier alpha value is -1.16. The van der Waals surface area contributed by atoms with E-state index in [1.807, 2.05) is 0 Å². The molecule has 1 aromatic rings. The topological polar surface area (TPSA) is 48.1 Å². The number of aromatic nitrogens is 1. The molecule has 0 amide bonds. The molecule has 1 heterocycles. The van der Waals surface area contributed by atoms with Crippen LogP contribution in [0.15, 0.2) is 12.4 Å². The number of rotatable bonds is 2. The molecule has 2 N–H and O–H groups in total. The van der Waals surface area contributed by atoms with Gasteiger partial charge in [0.1, 0.15) is 0 Å². The average Bonchev–Trinajstić information content (AvgIpc) is 2.04. The van der Waals surface area contributed by atoms with Gasteiger partial charge in [0.05, 0.1) is 13.3 Å². The molecule has 3 nitrogen and oxygen atoms in total. The molecule has 4 heteroatoms. The second-order valence-corrected chi connectivity index (χ2v) is 2.02. The molecule has 1 rings (SSSR count). The van der Waals surface area contributed by atoms with Crippen LogP contribution in [-0.2, 0) is 6.54 Å². The Morgan fingerprint density at radius 2 is 2.36 bits per heavy atom. The summed E-state index contributed by atoms with van der Waals surface area (Å²) in [5.41, 5.74) is 5.88. The van der Waals surface area contributed by atoms with Crippen LogP contribution in [0, 0.1) is 5.82 Å². The number of halogens is 1. The smallest absolute Gasteiger partial charge is 0.183 e. The largest absolute Gasteiger partial charge is 0.493 e. The van der Waals surface area contributed by atoms with Gasteiger partial charge < -0.3 is 10.5 Å². The van der Waals surface area contributed by atoms with Crippen molar-refractivity contribution < 1.29 is 9.13 Å². The van der Waals surface area contributed by atoms with Crippen molar-refractivity contribution in [1.82, 2.24) is 4.98 Å². The van der Waals surface area contributed by atoms with Crippen molar-refractivity contribution in [2.75, 3.05) is 7.11 Å². The SMILES string of the molecule is COc1c(F)cncc1CN. The molecule has 11 heavy (non-hydrogen) atoms. The second kappa shape index (κ2) is 3.30. The summed E-state index contributed by atoms with van der Waals surface area (Å²) in [6.45, 7) is 0.230. The molecule has 0 bridgehead atoms. The number of ether oxygens (including phenoxy) is 1. The van der Waals surface area contributed by atoms with Gasteiger partial charge in [-0.25, -0.2) is 4.39 Å². The molecule has 0 aromatic carbocycles. The third kappa shape index (κ3) is 1.46. The molecule has 0 spiro atoms. The molecule has 1 aromatic heterocycles. The molecule has 0 aliphatic carbocycles. The Bertz CT molecular complexity index is 252. The Morgan fingerprint density at radius 3 is 2.82 bits per heavy atom. The molecular weight excluding hydrogens is 147 g/mol. The number of nitrogens with two attached hydrogens (primary N) is 1. The normalized spacial score (nSPS) is 9.73. The van der Waals surface area contributed by atoms with E-state index in [1.54, 1.807) is 0 Å². The Labute approximate surface area is 64.0 Å². The molecule has 0 saturated heterocycles. The van der Waals surface area contributed by atoms with Gasteiger partial charge in [0.25, 0.3) is 0 Å². The predicted octanol–water partition coefficient (Wildman–Crippen LogP) is 0.688. The summed E-state index contributed by atoms with van der Waals surface area (Å²) in [7, 11) is 1.40. The van der Waals surface area contributed by atoms with E-state index in [2.05, 4.69) is 4.98 Å². The molecule has 0 aliphatic rings. The first-order valence-electron chi connectivity index (χ1n) is 3.16. The minimum absolute atomic E-state index is 0.183. The number of pyridine rings is 1. The standard InChI is InChI=1S/C7H9FN2O/c1-11-7-5(2-9)3-10-4-6(7)8/h3-4H,2,9H2,1H3. The molecular formula is C7H9FN2O. The molecule has 0 unspecified atom stereocenters. The summed E-state index contributed by atoms with van der Waals surface area (Å²) in [6.07, 6.45) is 2.58. The van der Waals surface area contributed by atoms with Crippen molar-refractivity contribution in [2.45, 2.75) is 6.54 Å². The lowest BCUT2D eigenvalue weighted by Crippen LogP contribution is -2.02. The van der Waals surface area contributed by atoms with E-state index in [0.29, 0.717) is 5.56 Å². The summed E-state index contributed by atoms with van der Waals surface area (Å²) in [6, 6.07) is 0. The summed E-state index contributed by atoms with van der Waals surface area (Å²) in [5, 5.41) is 0. The molecule has 60 valence electrons. The Kier molecular flexibility index (Phi) is 2.38. The van der Waals surface area contributed by atoms with Gasteiger partial charge in [-0.15, -0.1) is 0 Å². The van der Waals surface area contributed by atoms with Crippen molar-refractivity contribution in [3.05, 3.63) is 23.8 Å². The lowest BCUT2D eigenvalue weighted by atomic mass is 10.2. The fourth-order valence-corrected chi connectivity index (χ4v) is 0.837. The fourth-order valence-electron chi connectivity index (χ4n) is 0.837. The van der Waals surface area contributed by atoms with Gasteiger partial charge in [0, 0.05) is 18.3 Å². The molecule has 0 aliphatic heterocycles. The van der Waals surface area contributed by atoms with Crippen LogP contribution in [0.3, 0.4) is 0 Å². The number of nitrogens with zero attached hydrogens (tertiary/aromatic N) is 1. The first-order valence-corrected chi connectivity index (χ1v) is 3.16. The monoisotopic (exact) mass is 156 g/mol. The zero-order valence-electron chi connectivity index (χ0n) is 6.17. The van der Waals surface area contributed by atoms with Gasteiger partial charge in [-0.05, 0) is 0 Å². The average molecular weight is 156 g/mol. The molecule has 0 atom stereocenters. The van der Waals surface area contributed by atoms with Gasteiger partial charge in [-0.2, -0.15) is 0 Å². The highest BCUT2D eigenvalue weighted by Crippen LogP contribution is 2.19. The van der Waals surface area contributed by atoms with Crippen molar-refractivity contribution in [1.29, 1.82) is 0 Å². The molecule has 0 saturated carbocycles. The Balaban J connectivity index is 3.13. The quantitative estimate of drug-likeness (QED) is 0.685. The number of hydrogen-bond acceptors (Lipinski definition) is 3. The van der Waals surface area contributed by atoms with Gasteiger partial charge >= 0.3 is 0 Å². The van der Waals surface area contributed by atoms with Crippen LogP contribution in [0.1, 0.15) is 5.56 Å². The summed E-state index contributed by atoms with van der Waals surface area (Å²) < 4.78 is 17.6. The minimum Gasteiger partial charge on any atom is -0.493 e. The first-order chi connectivity index (χ1) is 5.29. The van der Waals surface area contributed by atoms with E-state index < -0.39 is 5.82 Å². The zero-order chi connectivity index (χ0) is 8.27. The lowest BCUT2D eigenvalue weighted by molar-refractivity contribution is 0.380. The van der Waals surface area contributed by atoms with E-state index in [4.69, 9.17) is 10.5 Å². The van der Waals surface area contributed by atoms with Crippen molar-refractivity contribution in [3.63, 3.8) is 0 Å². The van der Waals surface area contributed by atoms with E-state index in [1.165, 1.54) is 13.3 Å². The highest BCUT2D eigenvalue weighted by Gasteiger charge is 2.06. The highest BCUT2D eigenvalue weighted by molar-refractivity contribution is 5.31. The van der Waals surface area contributed by atoms with Gasteiger partial charge in [0.2, 0.25) is 0 Å². The number of methoxy groups -OCH3 is 1. The summed E-state index contributed by atoms with van der Waals surface area (Å²) in [4.78, 5) is 3.63. The van der Waals surface area contributed by atoms with Crippen LogP contribution in [0.4, 0.5) is 4.39 Å². The summed E-state index contributed by atoms with van der Waals surface area (Å²) in [5.74, 6) is -0.294.